The molecule has 0 aliphatic rings. The van der Waals surface area contributed by atoms with E-state index in [1.807, 2.05) is 6.07 Å². The number of halogens is 1. The van der Waals surface area contributed by atoms with Crippen LogP contribution in [0.3, 0.4) is 0 Å². The summed E-state index contributed by atoms with van der Waals surface area (Å²) in [6.07, 6.45) is 3.56. The van der Waals surface area contributed by atoms with Crippen molar-refractivity contribution in [2.24, 2.45) is 0 Å². The van der Waals surface area contributed by atoms with Crippen LogP contribution >= 0.6 is 0 Å². The fourth-order valence-corrected chi connectivity index (χ4v) is 1.22. The Balaban J connectivity index is 3.07. The van der Waals surface area contributed by atoms with Gasteiger partial charge in [-0.25, -0.2) is 4.39 Å². The number of ketones is 1. The Morgan fingerprint density at radius 3 is 2.93 bits per heavy atom. The molecular weight excluding hydrogens is 193 g/mol. The first kappa shape index (κ1) is 11.1. The van der Waals surface area contributed by atoms with E-state index in [0.29, 0.717) is 11.1 Å². The molecular formula is C12H10FNO. The molecule has 0 spiro atoms. The Hall–Kier alpha value is -1.95. The Kier molecular flexibility index (Phi) is 3.75. The van der Waals surface area contributed by atoms with Crippen molar-refractivity contribution in [3.63, 3.8) is 0 Å². The summed E-state index contributed by atoms with van der Waals surface area (Å²) in [5.41, 5.74) is 0.975. The number of hydrogen-bond acceptors (Lipinski definition) is 2. The summed E-state index contributed by atoms with van der Waals surface area (Å²) >= 11 is 0. The third-order valence-corrected chi connectivity index (χ3v) is 1.90. The van der Waals surface area contributed by atoms with E-state index in [0.717, 1.165) is 0 Å². The largest absolute Gasteiger partial charge is 0.294 e. The maximum absolute atomic E-state index is 12.9. The number of hydrogen-bond donors (Lipinski definition) is 0. The lowest BCUT2D eigenvalue weighted by atomic mass is 10.0. The first-order chi connectivity index (χ1) is 7.15. The molecule has 0 atom stereocenters. The SMILES string of the molecule is CC(=O)c1cc(F)ccc1C=CCC#N. The summed E-state index contributed by atoms with van der Waals surface area (Å²) in [4.78, 5) is 11.2. The third-order valence-electron chi connectivity index (χ3n) is 1.90. The second-order valence-electron chi connectivity index (χ2n) is 3.05. The van der Waals surface area contributed by atoms with Gasteiger partial charge in [0, 0.05) is 5.56 Å². The third kappa shape index (κ3) is 3.03. The molecule has 0 aliphatic carbocycles. The van der Waals surface area contributed by atoms with Crippen LogP contribution in [0, 0.1) is 17.1 Å². The van der Waals surface area contributed by atoms with Crippen molar-refractivity contribution in [3.05, 3.63) is 41.2 Å². The maximum atomic E-state index is 12.9. The van der Waals surface area contributed by atoms with Crippen LogP contribution in [0.1, 0.15) is 29.3 Å². The number of nitrogens with zero attached hydrogens (tertiary/aromatic N) is 1. The molecule has 0 saturated heterocycles. The van der Waals surface area contributed by atoms with Crippen LogP contribution in [-0.4, -0.2) is 5.78 Å². The molecule has 1 rings (SSSR count). The molecule has 1 aromatic carbocycles. The minimum Gasteiger partial charge on any atom is -0.294 e. The second kappa shape index (κ2) is 5.06. The van der Waals surface area contributed by atoms with Crippen LogP contribution in [0.2, 0.25) is 0 Å². The highest BCUT2D eigenvalue weighted by molar-refractivity contribution is 5.97. The average molecular weight is 203 g/mol. The molecule has 0 aliphatic heterocycles. The van der Waals surface area contributed by atoms with Gasteiger partial charge in [-0.2, -0.15) is 5.26 Å². The molecule has 1 aromatic rings. The summed E-state index contributed by atoms with van der Waals surface area (Å²) in [6.45, 7) is 1.39. The van der Waals surface area contributed by atoms with E-state index in [9.17, 15) is 9.18 Å². The molecule has 76 valence electrons. The Morgan fingerprint density at radius 1 is 1.60 bits per heavy atom. The molecule has 0 unspecified atom stereocenters. The predicted octanol–water partition coefficient (Wildman–Crippen LogP) is 2.96. The van der Waals surface area contributed by atoms with Crippen LogP contribution in [-0.2, 0) is 0 Å². The van der Waals surface area contributed by atoms with Gasteiger partial charge < -0.3 is 0 Å². The molecule has 0 radical (unpaired) electrons. The van der Waals surface area contributed by atoms with Gasteiger partial charge in [0.1, 0.15) is 5.82 Å². The minimum absolute atomic E-state index is 0.189. The van der Waals surface area contributed by atoms with Gasteiger partial charge in [-0.3, -0.25) is 4.79 Å². The summed E-state index contributed by atoms with van der Waals surface area (Å²) in [5, 5.41) is 8.34. The molecule has 0 saturated carbocycles. The molecule has 0 bridgehead atoms. The Bertz CT molecular complexity index is 443. The van der Waals surface area contributed by atoms with Crippen LogP contribution in [0.5, 0.6) is 0 Å². The van der Waals surface area contributed by atoms with Crippen LogP contribution in [0.25, 0.3) is 6.08 Å². The van der Waals surface area contributed by atoms with Crippen LogP contribution in [0.4, 0.5) is 4.39 Å². The van der Waals surface area contributed by atoms with Crippen LogP contribution in [0.15, 0.2) is 24.3 Å². The van der Waals surface area contributed by atoms with E-state index in [2.05, 4.69) is 0 Å². The lowest BCUT2D eigenvalue weighted by Gasteiger charge is -2.01. The van der Waals surface area contributed by atoms with Gasteiger partial charge in [0.15, 0.2) is 5.78 Å². The number of carbonyl (C=O) groups is 1. The number of nitriles is 1. The van der Waals surface area contributed by atoms with Crippen molar-refractivity contribution in [2.45, 2.75) is 13.3 Å². The van der Waals surface area contributed by atoms with E-state index in [1.165, 1.54) is 25.1 Å². The molecule has 0 fully saturated rings. The Labute approximate surface area is 87.7 Å². The van der Waals surface area contributed by atoms with Gasteiger partial charge >= 0.3 is 0 Å². The second-order valence-corrected chi connectivity index (χ2v) is 3.05. The molecule has 0 amide bonds. The standard InChI is InChI=1S/C12H10FNO/c1-9(15)12-8-11(13)6-5-10(12)4-2-3-7-14/h2,4-6,8H,3H2,1H3. The minimum atomic E-state index is -0.433. The monoisotopic (exact) mass is 203 g/mol. The van der Waals surface area contributed by atoms with Gasteiger partial charge in [-0.15, -0.1) is 0 Å². The topological polar surface area (TPSA) is 40.9 Å². The summed E-state index contributed by atoms with van der Waals surface area (Å²) in [5.74, 6) is -0.622. The smallest absolute Gasteiger partial charge is 0.160 e. The van der Waals surface area contributed by atoms with Crippen molar-refractivity contribution < 1.29 is 9.18 Å². The molecule has 0 aromatic heterocycles. The highest BCUT2D eigenvalue weighted by atomic mass is 19.1. The zero-order chi connectivity index (χ0) is 11.3. The number of carbonyl (C=O) groups excluding carboxylic acids is 1. The highest BCUT2D eigenvalue weighted by Crippen LogP contribution is 2.14. The Morgan fingerprint density at radius 2 is 2.33 bits per heavy atom. The summed E-state index contributed by atoms with van der Waals surface area (Å²) in [6, 6.07) is 5.97. The number of Topliss-reactive ketones (excluding diaryl/α,β-unsaturated/α-hetero) is 1. The van der Waals surface area contributed by atoms with E-state index in [-0.39, 0.29) is 12.2 Å². The normalized spacial score (nSPS) is 10.2. The molecule has 2 nitrogen and oxygen atoms in total. The van der Waals surface area contributed by atoms with Crippen molar-refractivity contribution in [1.29, 1.82) is 5.26 Å². The number of allylic oxidation sites excluding steroid dienone is 1. The first-order valence-electron chi connectivity index (χ1n) is 4.49. The summed E-state index contributed by atoms with van der Waals surface area (Å²) < 4.78 is 12.9. The van der Waals surface area contributed by atoms with Gasteiger partial charge in [0.2, 0.25) is 0 Å². The fraction of sp³-hybridized carbons (Fsp3) is 0.167. The van der Waals surface area contributed by atoms with E-state index in [1.54, 1.807) is 12.2 Å². The maximum Gasteiger partial charge on any atom is 0.160 e. The number of rotatable bonds is 3. The van der Waals surface area contributed by atoms with Gasteiger partial charge in [0.25, 0.3) is 0 Å². The van der Waals surface area contributed by atoms with Gasteiger partial charge in [-0.1, -0.05) is 18.2 Å². The summed E-state index contributed by atoms with van der Waals surface area (Å²) in [7, 11) is 0. The first-order valence-corrected chi connectivity index (χ1v) is 4.49. The van der Waals surface area contributed by atoms with Gasteiger partial charge in [0.05, 0.1) is 12.5 Å². The predicted molar refractivity (Wildman–Crippen MR) is 55.7 cm³/mol. The fourth-order valence-electron chi connectivity index (χ4n) is 1.22. The highest BCUT2D eigenvalue weighted by Gasteiger charge is 2.05. The van der Waals surface area contributed by atoms with E-state index >= 15 is 0 Å². The lowest BCUT2D eigenvalue weighted by molar-refractivity contribution is 0.101. The van der Waals surface area contributed by atoms with Crippen molar-refractivity contribution in [2.75, 3.05) is 0 Å². The quantitative estimate of drug-likeness (QED) is 0.708. The van der Waals surface area contributed by atoms with Crippen molar-refractivity contribution in [1.82, 2.24) is 0 Å². The van der Waals surface area contributed by atoms with Crippen molar-refractivity contribution in [3.8, 4) is 6.07 Å². The number of benzene rings is 1. The zero-order valence-electron chi connectivity index (χ0n) is 8.33. The van der Waals surface area contributed by atoms with E-state index < -0.39 is 5.82 Å². The van der Waals surface area contributed by atoms with Crippen LogP contribution < -0.4 is 0 Å². The molecule has 0 N–H and O–H groups in total. The van der Waals surface area contributed by atoms with Gasteiger partial charge in [-0.05, 0) is 24.6 Å². The molecule has 3 heteroatoms. The molecule has 15 heavy (non-hydrogen) atoms. The average Bonchev–Trinajstić information content (AvgIpc) is 2.20. The van der Waals surface area contributed by atoms with Crippen molar-refractivity contribution >= 4 is 11.9 Å². The molecule has 0 heterocycles. The zero-order valence-corrected chi connectivity index (χ0v) is 8.33. The van der Waals surface area contributed by atoms with E-state index in [4.69, 9.17) is 5.26 Å². The lowest BCUT2D eigenvalue weighted by Crippen LogP contribution is -1.96.